The smallest absolute Gasteiger partial charge is 0.300 e. The van der Waals surface area contributed by atoms with Gasteiger partial charge in [0.15, 0.2) is 5.52 Å². The van der Waals surface area contributed by atoms with Crippen molar-refractivity contribution in [2.24, 2.45) is 0 Å². The highest BCUT2D eigenvalue weighted by Gasteiger charge is 2.26. The average Bonchev–Trinajstić information content (AvgIpc) is 4.20. The van der Waals surface area contributed by atoms with Gasteiger partial charge >= 0.3 is 5.69 Å². The van der Waals surface area contributed by atoms with Gasteiger partial charge in [0.2, 0.25) is 5.52 Å². The first-order valence-corrected chi connectivity index (χ1v) is 28.9. The van der Waals surface area contributed by atoms with Crippen LogP contribution in [0.1, 0.15) is 27.8 Å². The zero-order valence-electron chi connectivity index (χ0n) is 46.5. The van der Waals surface area contributed by atoms with Crippen molar-refractivity contribution in [3.63, 3.8) is 0 Å². The number of non-ortho nitro benzene ring substituents is 1. The van der Waals surface area contributed by atoms with Gasteiger partial charge < -0.3 is 19.1 Å². The Kier molecular flexibility index (Phi) is 15.9. The lowest BCUT2D eigenvalue weighted by Crippen LogP contribution is -2.43. The van der Waals surface area contributed by atoms with Crippen molar-refractivity contribution in [1.29, 1.82) is 0 Å². The topological polar surface area (TPSA) is 126 Å². The minimum absolute atomic E-state index is 0.114. The summed E-state index contributed by atoms with van der Waals surface area (Å²) < 4.78 is 25.7. The fourth-order valence-corrected chi connectivity index (χ4v) is 12.3. The first-order valence-electron chi connectivity index (χ1n) is 28.9. The van der Waals surface area contributed by atoms with Crippen LogP contribution in [0.15, 0.2) is 199 Å². The summed E-state index contributed by atoms with van der Waals surface area (Å²) in [5.41, 5.74) is 6.82. The second-order valence-corrected chi connectivity index (χ2v) is 21.8. The van der Waals surface area contributed by atoms with E-state index >= 15 is 0 Å². The summed E-state index contributed by atoms with van der Waals surface area (Å²) in [7, 11) is 0. The van der Waals surface area contributed by atoms with Crippen molar-refractivity contribution in [2.45, 2.75) is 32.7 Å². The predicted octanol–water partition coefficient (Wildman–Crippen LogP) is 12.9. The number of nitrogens with zero attached hydrogens (tertiary/aromatic N) is 8. The van der Waals surface area contributed by atoms with E-state index < -0.39 is 4.92 Å². The molecule has 83 heavy (non-hydrogen) atoms. The third-order valence-corrected chi connectivity index (χ3v) is 16.7. The first-order chi connectivity index (χ1) is 41.0. The first kappa shape index (κ1) is 53.4. The molecule has 0 saturated heterocycles. The number of benzene rings is 10. The van der Waals surface area contributed by atoms with Crippen molar-refractivity contribution < 1.29 is 23.8 Å². The third kappa shape index (κ3) is 11.9. The predicted molar refractivity (Wildman–Crippen MR) is 329 cm³/mol. The van der Waals surface area contributed by atoms with Crippen molar-refractivity contribution in [3.05, 3.63) is 232 Å². The molecule has 0 radical (unpaired) electrons. The molecule has 0 amide bonds. The summed E-state index contributed by atoms with van der Waals surface area (Å²) in [5, 5.41) is 30.7. The van der Waals surface area contributed by atoms with E-state index in [-0.39, 0.29) is 11.2 Å². The van der Waals surface area contributed by atoms with Gasteiger partial charge in [-0.25, -0.2) is 4.63 Å². The molecule has 3 aliphatic rings. The minimum Gasteiger partial charge on any atom is -0.492 e. The van der Waals surface area contributed by atoms with Crippen LogP contribution in [0, 0.1) is 10.1 Å². The van der Waals surface area contributed by atoms with E-state index in [2.05, 4.69) is 199 Å². The Balaban J connectivity index is 0.947. The lowest BCUT2D eigenvalue weighted by Gasteiger charge is -2.34. The molecule has 11 aromatic rings. The number of rotatable bonds is 6. The molecule has 3 aliphatic heterocycles. The summed E-state index contributed by atoms with van der Waals surface area (Å²) in [4.78, 5) is 24.4. The second kappa shape index (κ2) is 24.7. The Hall–Kier alpha value is -8.92. The SMILES string of the molecule is O=[N+]([O-])c1ccc(N2CCN3CCN(Cc4c5ccccc5cc5ccccc45)Cc4ccccc4OCCN(CCOc4ccccc4CN(Cc4c5ccccc5cc5ccccc45)CC3)CCOc3ccccc3C2)c2nonc12. The molecule has 0 atom stereocenters. The van der Waals surface area contributed by atoms with Crippen molar-refractivity contribution in [3.8, 4) is 17.2 Å². The molecule has 14 rings (SSSR count). The molecular weight excluding hydrogens is 1040 g/mol. The maximum atomic E-state index is 12.4. The molecular formula is C69H66N8O6. The molecule has 0 N–H and O–H groups in total. The zero-order valence-corrected chi connectivity index (χ0v) is 46.5. The van der Waals surface area contributed by atoms with Crippen LogP contribution >= 0.6 is 0 Å². The lowest BCUT2D eigenvalue weighted by molar-refractivity contribution is -0.383. The van der Waals surface area contributed by atoms with E-state index in [4.69, 9.17) is 18.8 Å². The molecule has 0 fully saturated rings. The van der Waals surface area contributed by atoms with E-state index in [9.17, 15) is 10.1 Å². The standard InChI is InChI=1S/C69H66N8O6/c78-77(79)64-30-29-63(68-69(64)71-83-70-68)76-36-35-72-31-33-74(48-61-57-22-8-1-15-50(57)43-51-16-2-9-23-58(51)61)45-54-19-5-12-26-65(54)80-40-37-73(39-42-82-67-28-14-7-21-56(67)47-76)38-41-81-66-27-13-6-20-55(66)46-75(34-32-72)49-62-59-24-10-3-17-52(59)44-53-18-4-11-25-60(53)62/h1-30,43-44H,31-42,45-49H2. The number of hydrogen-bond donors (Lipinski definition) is 0. The largest absolute Gasteiger partial charge is 0.492 e. The van der Waals surface area contributed by atoms with E-state index in [1.807, 2.05) is 18.2 Å². The van der Waals surface area contributed by atoms with Gasteiger partial charge in [-0.1, -0.05) is 152 Å². The van der Waals surface area contributed by atoms with E-state index in [0.29, 0.717) is 96.5 Å². The Labute approximate surface area is 482 Å². The molecule has 418 valence electrons. The van der Waals surface area contributed by atoms with Crippen LogP contribution in [0.2, 0.25) is 0 Å². The minimum atomic E-state index is -0.429. The number of ether oxygens (including phenoxy) is 3. The van der Waals surface area contributed by atoms with Gasteiger partial charge in [0.05, 0.1) is 10.6 Å². The quantitative estimate of drug-likeness (QED) is 0.0892. The monoisotopic (exact) mass is 1100 g/mol. The molecule has 10 aromatic carbocycles. The Bertz CT molecular complexity index is 3800. The molecule has 1 aromatic heterocycles. The van der Waals surface area contributed by atoms with Crippen LogP contribution in [0.3, 0.4) is 0 Å². The third-order valence-electron chi connectivity index (χ3n) is 16.7. The van der Waals surface area contributed by atoms with Gasteiger partial charge in [-0.05, 0) is 101 Å². The summed E-state index contributed by atoms with van der Waals surface area (Å²) in [6.45, 7) is 10.5. The molecule has 14 heteroatoms. The normalized spacial score (nSPS) is 17.5. The maximum Gasteiger partial charge on any atom is 0.300 e. The van der Waals surface area contributed by atoms with E-state index in [1.54, 1.807) is 6.07 Å². The molecule has 0 unspecified atom stereocenters. The number of hydrogen-bond acceptors (Lipinski definition) is 13. The van der Waals surface area contributed by atoms with Crippen LogP contribution in [0.25, 0.3) is 54.1 Å². The van der Waals surface area contributed by atoms with Crippen LogP contribution in [0.5, 0.6) is 17.2 Å². The molecule has 0 saturated carbocycles. The summed E-state index contributed by atoms with van der Waals surface area (Å²) in [6.07, 6.45) is 0. The van der Waals surface area contributed by atoms with Crippen molar-refractivity contribution in [2.75, 3.05) is 83.6 Å². The molecule has 0 spiro atoms. The maximum absolute atomic E-state index is 12.4. The number of anilines is 1. The highest BCUT2D eigenvalue weighted by molar-refractivity contribution is 6.03. The summed E-state index contributed by atoms with van der Waals surface area (Å²) >= 11 is 0. The number of para-hydroxylation sites is 3. The number of nitro benzene ring substituents is 1. The van der Waals surface area contributed by atoms with Crippen LogP contribution in [0.4, 0.5) is 11.4 Å². The number of nitro groups is 1. The van der Waals surface area contributed by atoms with Crippen molar-refractivity contribution >= 4 is 65.5 Å². The van der Waals surface area contributed by atoms with Crippen LogP contribution in [-0.2, 0) is 32.7 Å². The van der Waals surface area contributed by atoms with E-state index in [1.165, 1.54) is 60.3 Å². The molecule has 4 heterocycles. The van der Waals surface area contributed by atoms with Crippen LogP contribution in [-0.4, -0.2) is 114 Å². The van der Waals surface area contributed by atoms with Gasteiger partial charge in [-0.3, -0.25) is 29.7 Å². The van der Waals surface area contributed by atoms with Crippen molar-refractivity contribution in [1.82, 2.24) is 29.9 Å². The summed E-state index contributed by atoms with van der Waals surface area (Å²) in [5.74, 6) is 2.51. The van der Waals surface area contributed by atoms with Gasteiger partial charge in [-0.2, -0.15) is 0 Å². The molecule has 0 aliphatic carbocycles. The van der Waals surface area contributed by atoms with Gasteiger partial charge in [-0.15, -0.1) is 0 Å². The van der Waals surface area contributed by atoms with Gasteiger partial charge in [0.1, 0.15) is 37.1 Å². The fraction of sp³-hybridized carbons (Fsp3) is 0.246. The lowest BCUT2D eigenvalue weighted by atomic mass is 9.96. The number of aromatic nitrogens is 2. The zero-order chi connectivity index (χ0) is 55.9. The Morgan fingerprint density at radius 1 is 0.410 bits per heavy atom. The Morgan fingerprint density at radius 3 is 1.25 bits per heavy atom. The van der Waals surface area contributed by atoms with Gasteiger partial charge in [0, 0.05) is 114 Å². The highest BCUT2D eigenvalue weighted by atomic mass is 16.6. The Morgan fingerprint density at radius 2 is 0.795 bits per heavy atom. The van der Waals surface area contributed by atoms with Crippen LogP contribution < -0.4 is 19.1 Å². The molecule has 14 nitrogen and oxygen atoms in total. The fourth-order valence-electron chi connectivity index (χ4n) is 12.3. The van der Waals surface area contributed by atoms with Gasteiger partial charge in [0.25, 0.3) is 0 Å². The molecule has 2 bridgehead atoms. The second-order valence-electron chi connectivity index (χ2n) is 21.8. The number of fused-ring (bicyclic) bond motifs is 20. The summed E-state index contributed by atoms with van der Waals surface area (Å²) in [6, 6.07) is 68.2. The average molecular weight is 1100 g/mol. The highest BCUT2D eigenvalue weighted by Crippen LogP contribution is 2.36. The van der Waals surface area contributed by atoms with E-state index in [0.717, 1.165) is 60.1 Å².